The van der Waals surface area contributed by atoms with E-state index in [0.29, 0.717) is 5.69 Å². The number of urea groups is 1. The van der Waals surface area contributed by atoms with E-state index in [-0.39, 0.29) is 0 Å². The Kier molecular flexibility index (Phi) is 3.40. The number of hydrazone groups is 1. The first-order valence-corrected chi connectivity index (χ1v) is 3.53. The molecule has 1 aromatic heterocycles. The predicted octanol–water partition coefficient (Wildman–Crippen LogP) is -0.412. The summed E-state index contributed by atoms with van der Waals surface area (Å²) in [5.41, 5.74) is 4.65. The van der Waals surface area contributed by atoms with Crippen LogP contribution in [0.3, 0.4) is 0 Å². The zero-order valence-electron chi connectivity index (χ0n) is 6.77. The van der Waals surface area contributed by atoms with E-state index < -0.39 is 6.03 Å². The second-order valence-electron chi connectivity index (χ2n) is 2.10. The molecular formula is C7H9N5O. The van der Waals surface area contributed by atoms with Crippen molar-refractivity contribution >= 4 is 12.2 Å². The lowest BCUT2D eigenvalue weighted by Gasteiger charge is -1.95. The maximum Gasteiger partial charge on any atom is 0.349 e. The van der Waals surface area contributed by atoms with Crippen molar-refractivity contribution in [3.05, 3.63) is 30.1 Å². The zero-order chi connectivity index (χ0) is 9.52. The molecule has 0 spiro atoms. The summed E-state index contributed by atoms with van der Waals surface area (Å²) in [6.45, 7) is 0. The molecule has 68 valence electrons. The van der Waals surface area contributed by atoms with Gasteiger partial charge in [-0.2, -0.15) is 5.10 Å². The highest BCUT2D eigenvalue weighted by molar-refractivity contribution is 5.79. The van der Waals surface area contributed by atoms with Crippen LogP contribution < -0.4 is 16.7 Å². The average Bonchev–Trinajstić information content (AvgIpc) is 2.19. The summed E-state index contributed by atoms with van der Waals surface area (Å²) >= 11 is 0. The smallest absolute Gasteiger partial charge is 0.274 e. The van der Waals surface area contributed by atoms with Gasteiger partial charge in [0.25, 0.3) is 0 Å². The number of nitrogens with zero attached hydrogens (tertiary/aromatic N) is 2. The number of hydrogen-bond donors (Lipinski definition) is 3. The lowest BCUT2D eigenvalue weighted by molar-refractivity contribution is 0.241. The summed E-state index contributed by atoms with van der Waals surface area (Å²) in [5.74, 6) is 4.80. The van der Waals surface area contributed by atoms with Gasteiger partial charge in [0.05, 0.1) is 11.9 Å². The van der Waals surface area contributed by atoms with Gasteiger partial charge >= 0.3 is 6.03 Å². The highest BCUT2D eigenvalue weighted by Gasteiger charge is 1.90. The van der Waals surface area contributed by atoms with Gasteiger partial charge in [0, 0.05) is 6.20 Å². The van der Waals surface area contributed by atoms with Crippen LogP contribution in [0.15, 0.2) is 29.5 Å². The minimum atomic E-state index is -0.577. The van der Waals surface area contributed by atoms with E-state index in [9.17, 15) is 4.79 Å². The van der Waals surface area contributed by atoms with Gasteiger partial charge in [-0.3, -0.25) is 10.4 Å². The lowest BCUT2D eigenvalue weighted by Crippen LogP contribution is -2.37. The summed E-state index contributed by atoms with van der Waals surface area (Å²) in [4.78, 5) is 14.5. The Morgan fingerprint density at radius 1 is 1.62 bits per heavy atom. The van der Waals surface area contributed by atoms with Crippen molar-refractivity contribution in [1.82, 2.24) is 15.8 Å². The van der Waals surface area contributed by atoms with Crippen LogP contribution in [-0.2, 0) is 0 Å². The number of rotatable bonds is 2. The highest BCUT2D eigenvalue weighted by atomic mass is 16.2. The number of hydrogen-bond acceptors (Lipinski definition) is 4. The molecule has 0 bridgehead atoms. The van der Waals surface area contributed by atoms with Crippen molar-refractivity contribution in [2.75, 3.05) is 0 Å². The normalized spacial score (nSPS) is 9.92. The molecule has 2 amide bonds. The van der Waals surface area contributed by atoms with Gasteiger partial charge in [-0.25, -0.2) is 16.1 Å². The van der Waals surface area contributed by atoms with Gasteiger partial charge in [0.2, 0.25) is 0 Å². The molecule has 0 radical (unpaired) electrons. The SMILES string of the molecule is NNC(=O)N/N=C/c1ccccn1. The highest BCUT2D eigenvalue weighted by Crippen LogP contribution is 1.86. The van der Waals surface area contributed by atoms with Crippen molar-refractivity contribution in [3.63, 3.8) is 0 Å². The molecule has 6 heteroatoms. The van der Waals surface area contributed by atoms with Crippen molar-refractivity contribution in [1.29, 1.82) is 0 Å². The van der Waals surface area contributed by atoms with E-state index in [1.807, 2.05) is 11.5 Å². The predicted molar refractivity (Wildman–Crippen MR) is 47.7 cm³/mol. The number of carbonyl (C=O) groups is 1. The minimum Gasteiger partial charge on any atom is -0.274 e. The number of aromatic nitrogens is 1. The standard InChI is InChI=1S/C7H9N5O/c8-11-7(13)12-10-5-6-3-1-2-4-9-6/h1-5H,8H2,(H2,11,12,13)/b10-5+. The molecule has 0 saturated carbocycles. The molecule has 0 aromatic carbocycles. The average molecular weight is 179 g/mol. The Balaban J connectivity index is 2.45. The first-order valence-electron chi connectivity index (χ1n) is 3.53. The van der Waals surface area contributed by atoms with E-state index in [2.05, 4.69) is 15.5 Å². The van der Waals surface area contributed by atoms with Crippen LogP contribution in [0.25, 0.3) is 0 Å². The fraction of sp³-hybridized carbons (Fsp3) is 0. The molecule has 13 heavy (non-hydrogen) atoms. The third kappa shape index (κ3) is 3.30. The monoisotopic (exact) mass is 179 g/mol. The molecule has 1 rings (SSSR count). The minimum absolute atomic E-state index is 0.577. The molecule has 0 saturated heterocycles. The number of amides is 2. The quantitative estimate of drug-likeness (QED) is 0.249. The van der Waals surface area contributed by atoms with E-state index in [4.69, 9.17) is 5.84 Å². The lowest BCUT2D eigenvalue weighted by atomic mass is 10.4. The molecule has 1 aromatic rings. The maximum absolute atomic E-state index is 10.5. The van der Waals surface area contributed by atoms with Gasteiger partial charge in [0.15, 0.2) is 0 Å². The molecule has 6 nitrogen and oxygen atoms in total. The molecule has 0 fully saturated rings. The van der Waals surface area contributed by atoms with Crippen molar-refractivity contribution in [2.24, 2.45) is 10.9 Å². The topological polar surface area (TPSA) is 92.4 Å². The number of nitrogens with two attached hydrogens (primary N) is 1. The van der Waals surface area contributed by atoms with Gasteiger partial charge in [0.1, 0.15) is 0 Å². The fourth-order valence-electron chi connectivity index (χ4n) is 0.642. The van der Waals surface area contributed by atoms with Crippen LogP contribution >= 0.6 is 0 Å². The number of hydrazine groups is 1. The third-order valence-electron chi connectivity index (χ3n) is 1.18. The van der Waals surface area contributed by atoms with Crippen LogP contribution in [0.2, 0.25) is 0 Å². The van der Waals surface area contributed by atoms with Crippen LogP contribution in [0.5, 0.6) is 0 Å². The number of pyridine rings is 1. The largest absolute Gasteiger partial charge is 0.349 e. The maximum atomic E-state index is 10.5. The van der Waals surface area contributed by atoms with Crippen molar-refractivity contribution < 1.29 is 4.79 Å². The first-order chi connectivity index (χ1) is 6.33. The third-order valence-corrected chi connectivity index (χ3v) is 1.18. The molecular weight excluding hydrogens is 170 g/mol. The van der Waals surface area contributed by atoms with Crippen LogP contribution in [0.1, 0.15) is 5.69 Å². The van der Waals surface area contributed by atoms with E-state index >= 15 is 0 Å². The van der Waals surface area contributed by atoms with Gasteiger partial charge in [-0.1, -0.05) is 6.07 Å². The number of nitrogens with one attached hydrogen (secondary N) is 2. The Bertz CT molecular complexity index is 297. The molecule has 0 aliphatic rings. The molecule has 4 N–H and O–H groups in total. The van der Waals surface area contributed by atoms with E-state index in [1.165, 1.54) is 6.21 Å². The summed E-state index contributed by atoms with van der Waals surface area (Å²) < 4.78 is 0. The van der Waals surface area contributed by atoms with Crippen LogP contribution in [0.4, 0.5) is 4.79 Å². The van der Waals surface area contributed by atoms with Crippen molar-refractivity contribution in [2.45, 2.75) is 0 Å². The zero-order valence-corrected chi connectivity index (χ0v) is 6.77. The Morgan fingerprint density at radius 2 is 2.46 bits per heavy atom. The second kappa shape index (κ2) is 4.83. The molecule has 0 atom stereocenters. The van der Waals surface area contributed by atoms with Crippen molar-refractivity contribution in [3.8, 4) is 0 Å². The fourth-order valence-corrected chi connectivity index (χ4v) is 0.642. The summed E-state index contributed by atoms with van der Waals surface area (Å²) in [5, 5.41) is 3.58. The Labute approximate surface area is 74.8 Å². The van der Waals surface area contributed by atoms with Crippen LogP contribution in [0, 0.1) is 0 Å². The summed E-state index contributed by atoms with van der Waals surface area (Å²) in [6, 6.07) is 4.78. The molecule has 0 aliphatic heterocycles. The van der Waals surface area contributed by atoms with Gasteiger partial charge in [-0.15, -0.1) is 0 Å². The molecule has 0 aliphatic carbocycles. The Hall–Kier alpha value is -1.95. The number of carbonyl (C=O) groups excluding carboxylic acids is 1. The second-order valence-corrected chi connectivity index (χ2v) is 2.10. The summed E-state index contributed by atoms with van der Waals surface area (Å²) in [7, 11) is 0. The van der Waals surface area contributed by atoms with Gasteiger partial charge < -0.3 is 0 Å². The van der Waals surface area contributed by atoms with Gasteiger partial charge in [-0.05, 0) is 12.1 Å². The molecule has 1 heterocycles. The summed E-state index contributed by atoms with van der Waals surface area (Å²) in [6.07, 6.45) is 3.04. The first kappa shape index (κ1) is 9.14. The van der Waals surface area contributed by atoms with E-state index in [1.54, 1.807) is 18.3 Å². The van der Waals surface area contributed by atoms with Crippen LogP contribution in [-0.4, -0.2) is 17.2 Å². The Morgan fingerprint density at radius 3 is 3.08 bits per heavy atom. The van der Waals surface area contributed by atoms with E-state index in [0.717, 1.165) is 0 Å². The molecule has 0 unspecified atom stereocenters.